The van der Waals surface area contributed by atoms with Crippen LogP contribution in [0.15, 0.2) is 24.3 Å². The fourth-order valence-electron chi connectivity index (χ4n) is 1.91. The Bertz CT molecular complexity index is 524. The monoisotopic (exact) mass is 262 g/mol. The van der Waals surface area contributed by atoms with E-state index in [4.69, 9.17) is 5.11 Å². The molecule has 1 aliphatic heterocycles. The van der Waals surface area contributed by atoms with Gasteiger partial charge in [-0.25, -0.2) is 0 Å². The number of imide groups is 1. The summed E-state index contributed by atoms with van der Waals surface area (Å²) in [6.45, 7) is 1.47. The maximum atomic E-state index is 12.1. The third-order valence-corrected chi connectivity index (χ3v) is 3.04. The maximum absolute atomic E-state index is 12.1. The van der Waals surface area contributed by atoms with Gasteiger partial charge < -0.3 is 10.0 Å². The van der Waals surface area contributed by atoms with Gasteiger partial charge in [-0.3, -0.25) is 19.7 Å². The Labute approximate surface area is 110 Å². The fraction of sp³-hybridized carbons (Fsp3) is 0.308. The zero-order chi connectivity index (χ0) is 14.0. The molecule has 1 aromatic rings. The summed E-state index contributed by atoms with van der Waals surface area (Å²) in [6.07, 6.45) is 0.0885. The number of carbonyl (C=O) groups is 3. The number of piperazine rings is 1. The number of phenols is 1. The van der Waals surface area contributed by atoms with Crippen molar-refractivity contribution < 1.29 is 19.5 Å². The molecule has 2 N–H and O–H groups in total. The van der Waals surface area contributed by atoms with Crippen LogP contribution in [0, 0.1) is 0 Å². The van der Waals surface area contributed by atoms with Gasteiger partial charge in [0.15, 0.2) is 0 Å². The molecule has 1 atom stereocenters. The van der Waals surface area contributed by atoms with E-state index in [0.29, 0.717) is 5.56 Å². The second kappa shape index (κ2) is 5.09. The average Bonchev–Trinajstić information content (AvgIpc) is 2.36. The van der Waals surface area contributed by atoms with E-state index in [2.05, 4.69) is 5.32 Å². The molecule has 0 saturated carbocycles. The highest BCUT2D eigenvalue weighted by Gasteiger charge is 2.33. The standard InChI is InChI=1S/C13H14N2O4/c1-8-13(19)14-11(17)7-15(8)12(18)6-9-2-4-10(16)5-3-9/h2-5,8,16H,6-7H2,1H3,(H,14,17,19). The molecule has 0 spiro atoms. The quantitative estimate of drug-likeness (QED) is 0.723. The first-order chi connectivity index (χ1) is 8.97. The lowest BCUT2D eigenvalue weighted by molar-refractivity contribution is -0.149. The van der Waals surface area contributed by atoms with Gasteiger partial charge in [0, 0.05) is 0 Å². The van der Waals surface area contributed by atoms with Crippen molar-refractivity contribution in [3.05, 3.63) is 29.8 Å². The van der Waals surface area contributed by atoms with Crippen LogP contribution in [-0.2, 0) is 20.8 Å². The Morgan fingerprint density at radius 3 is 2.63 bits per heavy atom. The third kappa shape index (κ3) is 2.90. The van der Waals surface area contributed by atoms with Crippen LogP contribution in [0.5, 0.6) is 5.75 Å². The molecule has 6 heteroatoms. The molecule has 1 aromatic carbocycles. The van der Waals surface area contributed by atoms with E-state index in [-0.39, 0.29) is 24.6 Å². The molecule has 6 nitrogen and oxygen atoms in total. The minimum Gasteiger partial charge on any atom is -0.508 e. The van der Waals surface area contributed by atoms with Crippen molar-refractivity contribution in [1.29, 1.82) is 0 Å². The summed E-state index contributed by atoms with van der Waals surface area (Å²) in [4.78, 5) is 36.1. The van der Waals surface area contributed by atoms with Gasteiger partial charge in [-0.15, -0.1) is 0 Å². The smallest absolute Gasteiger partial charge is 0.249 e. The van der Waals surface area contributed by atoms with Gasteiger partial charge in [0.05, 0.1) is 6.42 Å². The number of nitrogens with zero attached hydrogens (tertiary/aromatic N) is 1. The van der Waals surface area contributed by atoms with Crippen LogP contribution in [-0.4, -0.2) is 40.3 Å². The van der Waals surface area contributed by atoms with Gasteiger partial charge in [0.1, 0.15) is 18.3 Å². The lowest BCUT2D eigenvalue weighted by Gasteiger charge is -2.31. The Morgan fingerprint density at radius 1 is 1.37 bits per heavy atom. The normalized spacial score (nSPS) is 19.2. The van der Waals surface area contributed by atoms with Gasteiger partial charge in [-0.2, -0.15) is 0 Å². The Kier molecular flexibility index (Phi) is 3.50. The van der Waals surface area contributed by atoms with Crippen molar-refractivity contribution in [3.8, 4) is 5.75 Å². The van der Waals surface area contributed by atoms with E-state index in [1.807, 2.05) is 0 Å². The predicted molar refractivity (Wildman–Crippen MR) is 66.1 cm³/mol. The summed E-state index contributed by atoms with van der Waals surface area (Å²) in [6, 6.07) is 5.58. The summed E-state index contributed by atoms with van der Waals surface area (Å²) < 4.78 is 0. The first-order valence-electron chi connectivity index (χ1n) is 5.88. The van der Waals surface area contributed by atoms with E-state index in [1.54, 1.807) is 19.1 Å². The molecule has 2 rings (SSSR count). The van der Waals surface area contributed by atoms with Crippen molar-refractivity contribution in [2.75, 3.05) is 6.54 Å². The Hall–Kier alpha value is -2.37. The lowest BCUT2D eigenvalue weighted by Crippen LogP contribution is -2.58. The molecule has 0 radical (unpaired) electrons. The minimum absolute atomic E-state index is 0.0885. The summed E-state index contributed by atoms with van der Waals surface area (Å²) in [5.41, 5.74) is 0.716. The Balaban J connectivity index is 2.08. The molecule has 3 amide bonds. The number of aromatic hydroxyl groups is 1. The van der Waals surface area contributed by atoms with Gasteiger partial charge in [0.25, 0.3) is 0 Å². The van der Waals surface area contributed by atoms with Crippen LogP contribution < -0.4 is 5.32 Å². The van der Waals surface area contributed by atoms with Gasteiger partial charge in [0.2, 0.25) is 17.7 Å². The van der Waals surface area contributed by atoms with Crippen LogP contribution in [0.4, 0.5) is 0 Å². The lowest BCUT2D eigenvalue weighted by atomic mass is 10.1. The molecular formula is C13H14N2O4. The predicted octanol–water partition coefficient (Wildman–Crippen LogP) is -0.192. The van der Waals surface area contributed by atoms with Crippen LogP contribution in [0.1, 0.15) is 12.5 Å². The summed E-state index contributed by atoms with van der Waals surface area (Å²) in [7, 11) is 0. The molecule has 1 unspecified atom stereocenters. The molecule has 1 saturated heterocycles. The minimum atomic E-state index is -0.651. The molecule has 0 bridgehead atoms. The van der Waals surface area contributed by atoms with Crippen LogP contribution in [0.25, 0.3) is 0 Å². The summed E-state index contributed by atoms with van der Waals surface area (Å²) in [5.74, 6) is -1.10. The number of amides is 3. The number of carbonyl (C=O) groups excluding carboxylic acids is 3. The van der Waals surface area contributed by atoms with Crippen molar-refractivity contribution in [3.63, 3.8) is 0 Å². The van der Waals surface area contributed by atoms with Gasteiger partial charge in [-0.1, -0.05) is 12.1 Å². The molecule has 1 aliphatic rings. The van der Waals surface area contributed by atoms with Gasteiger partial charge >= 0.3 is 0 Å². The second-order valence-electron chi connectivity index (χ2n) is 4.45. The van der Waals surface area contributed by atoms with Crippen molar-refractivity contribution >= 4 is 17.7 Å². The average molecular weight is 262 g/mol. The highest BCUT2D eigenvalue weighted by molar-refractivity contribution is 6.04. The number of phenolic OH excluding ortho intramolecular Hbond substituents is 1. The number of rotatable bonds is 2. The molecule has 0 aromatic heterocycles. The summed E-state index contributed by atoms with van der Waals surface area (Å²) in [5, 5.41) is 11.3. The SMILES string of the molecule is CC1C(=O)NC(=O)CN1C(=O)Cc1ccc(O)cc1. The van der Waals surface area contributed by atoms with Crippen LogP contribution >= 0.6 is 0 Å². The second-order valence-corrected chi connectivity index (χ2v) is 4.45. The van der Waals surface area contributed by atoms with Gasteiger partial charge in [-0.05, 0) is 24.6 Å². The van der Waals surface area contributed by atoms with E-state index in [1.165, 1.54) is 17.0 Å². The number of benzene rings is 1. The Morgan fingerprint density at radius 2 is 2.00 bits per heavy atom. The highest BCUT2D eigenvalue weighted by atomic mass is 16.3. The van der Waals surface area contributed by atoms with Crippen molar-refractivity contribution in [2.45, 2.75) is 19.4 Å². The molecule has 19 heavy (non-hydrogen) atoms. The zero-order valence-corrected chi connectivity index (χ0v) is 10.4. The largest absolute Gasteiger partial charge is 0.508 e. The number of hydrogen-bond donors (Lipinski definition) is 2. The molecule has 0 aliphatic carbocycles. The van der Waals surface area contributed by atoms with Crippen molar-refractivity contribution in [1.82, 2.24) is 10.2 Å². The number of hydrogen-bond acceptors (Lipinski definition) is 4. The zero-order valence-electron chi connectivity index (χ0n) is 10.4. The maximum Gasteiger partial charge on any atom is 0.249 e. The first kappa shape index (κ1) is 13.1. The van der Waals surface area contributed by atoms with E-state index < -0.39 is 17.9 Å². The first-order valence-corrected chi connectivity index (χ1v) is 5.88. The van der Waals surface area contributed by atoms with E-state index >= 15 is 0 Å². The fourth-order valence-corrected chi connectivity index (χ4v) is 1.91. The highest BCUT2D eigenvalue weighted by Crippen LogP contribution is 2.13. The van der Waals surface area contributed by atoms with E-state index in [9.17, 15) is 14.4 Å². The summed E-state index contributed by atoms with van der Waals surface area (Å²) >= 11 is 0. The molecular weight excluding hydrogens is 248 g/mol. The number of nitrogens with one attached hydrogen (secondary N) is 1. The molecule has 1 heterocycles. The van der Waals surface area contributed by atoms with Crippen LogP contribution in [0.3, 0.4) is 0 Å². The van der Waals surface area contributed by atoms with Crippen molar-refractivity contribution in [2.24, 2.45) is 0 Å². The van der Waals surface area contributed by atoms with E-state index in [0.717, 1.165) is 0 Å². The van der Waals surface area contributed by atoms with Crippen LogP contribution in [0.2, 0.25) is 0 Å². The third-order valence-electron chi connectivity index (χ3n) is 3.04. The molecule has 1 fully saturated rings. The molecule has 100 valence electrons. The topological polar surface area (TPSA) is 86.7 Å².